The number of aromatic nitrogens is 3. The molecule has 1 aromatic heterocycles. The molecule has 0 bridgehead atoms. The SMILES string of the molecule is O=S(=O)(NCCCc1ncn[nH]1)c1ccc(Cl)cc1. The van der Waals surface area contributed by atoms with Gasteiger partial charge < -0.3 is 0 Å². The van der Waals surface area contributed by atoms with Crippen LogP contribution in [0, 0.1) is 0 Å². The Kier molecular flexibility index (Phi) is 4.52. The fraction of sp³-hybridized carbons (Fsp3) is 0.273. The lowest BCUT2D eigenvalue weighted by Gasteiger charge is -2.06. The number of halogens is 1. The third-order valence-electron chi connectivity index (χ3n) is 2.47. The van der Waals surface area contributed by atoms with Crippen molar-refractivity contribution < 1.29 is 8.42 Å². The van der Waals surface area contributed by atoms with Crippen LogP contribution in [0.4, 0.5) is 0 Å². The summed E-state index contributed by atoms with van der Waals surface area (Å²) in [5, 5.41) is 6.94. The maximum atomic E-state index is 11.9. The Morgan fingerprint density at radius 1 is 1.26 bits per heavy atom. The zero-order chi connectivity index (χ0) is 13.7. The van der Waals surface area contributed by atoms with E-state index >= 15 is 0 Å². The van der Waals surface area contributed by atoms with Crippen molar-refractivity contribution in [3.05, 3.63) is 41.4 Å². The number of nitrogens with zero attached hydrogens (tertiary/aromatic N) is 2. The minimum absolute atomic E-state index is 0.205. The fourth-order valence-electron chi connectivity index (χ4n) is 1.51. The first-order chi connectivity index (χ1) is 9.08. The lowest BCUT2D eigenvalue weighted by molar-refractivity contribution is 0.578. The second-order valence-electron chi connectivity index (χ2n) is 3.89. The maximum absolute atomic E-state index is 11.9. The Hall–Kier alpha value is -1.44. The molecular weight excluding hydrogens is 288 g/mol. The van der Waals surface area contributed by atoms with Gasteiger partial charge in [0.05, 0.1) is 4.90 Å². The Balaban J connectivity index is 1.86. The second kappa shape index (κ2) is 6.14. The largest absolute Gasteiger partial charge is 0.263 e. The number of H-pyrrole nitrogens is 1. The van der Waals surface area contributed by atoms with Gasteiger partial charge in [0.2, 0.25) is 10.0 Å². The average molecular weight is 301 g/mol. The van der Waals surface area contributed by atoms with Crippen molar-refractivity contribution in [3.8, 4) is 0 Å². The maximum Gasteiger partial charge on any atom is 0.240 e. The van der Waals surface area contributed by atoms with E-state index in [1.165, 1.54) is 18.5 Å². The minimum Gasteiger partial charge on any atom is -0.263 e. The van der Waals surface area contributed by atoms with E-state index in [0.29, 0.717) is 24.4 Å². The number of hydrogen-bond donors (Lipinski definition) is 2. The van der Waals surface area contributed by atoms with Crippen LogP contribution in [0.15, 0.2) is 35.5 Å². The third kappa shape index (κ3) is 4.02. The summed E-state index contributed by atoms with van der Waals surface area (Å²) in [6, 6.07) is 6.04. The van der Waals surface area contributed by atoms with Gasteiger partial charge in [-0.2, -0.15) is 5.10 Å². The molecule has 0 fully saturated rings. The fourth-order valence-corrected chi connectivity index (χ4v) is 2.71. The van der Waals surface area contributed by atoms with Crippen LogP contribution in [0.25, 0.3) is 0 Å². The minimum atomic E-state index is -3.47. The number of aromatic amines is 1. The van der Waals surface area contributed by atoms with E-state index in [1.54, 1.807) is 12.1 Å². The van der Waals surface area contributed by atoms with Gasteiger partial charge >= 0.3 is 0 Å². The molecule has 0 unspecified atom stereocenters. The first-order valence-electron chi connectivity index (χ1n) is 5.67. The van der Waals surface area contributed by atoms with E-state index in [9.17, 15) is 8.42 Å². The molecule has 2 rings (SSSR count). The van der Waals surface area contributed by atoms with Crippen LogP contribution in [0.5, 0.6) is 0 Å². The number of hydrogen-bond acceptors (Lipinski definition) is 4. The van der Waals surface area contributed by atoms with E-state index in [0.717, 1.165) is 5.82 Å². The standard InChI is InChI=1S/C11H13ClN4O2S/c12-9-3-5-10(6-4-9)19(17,18)15-7-1-2-11-13-8-14-16-11/h3-6,8,15H,1-2,7H2,(H,13,14,16). The number of benzene rings is 1. The Bertz CT molecular complexity index is 611. The van der Waals surface area contributed by atoms with Gasteiger partial charge in [0, 0.05) is 18.0 Å². The summed E-state index contributed by atoms with van der Waals surface area (Å²) < 4.78 is 26.4. The number of aryl methyl sites for hydroxylation is 1. The van der Waals surface area contributed by atoms with Crippen LogP contribution in [-0.4, -0.2) is 30.1 Å². The van der Waals surface area contributed by atoms with Crippen molar-refractivity contribution >= 4 is 21.6 Å². The van der Waals surface area contributed by atoms with Gasteiger partial charge in [-0.1, -0.05) is 11.6 Å². The number of sulfonamides is 1. The van der Waals surface area contributed by atoms with Crippen molar-refractivity contribution in [3.63, 3.8) is 0 Å². The molecule has 8 heteroatoms. The molecular formula is C11H13ClN4O2S. The van der Waals surface area contributed by atoms with Gasteiger partial charge in [-0.3, -0.25) is 5.10 Å². The zero-order valence-corrected chi connectivity index (χ0v) is 11.6. The number of nitrogens with one attached hydrogen (secondary N) is 2. The van der Waals surface area contributed by atoms with E-state index in [-0.39, 0.29) is 4.90 Å². The molecule has 0 radical (unpaired) electrons. The molecule has 1 aromatic carbocycles. The molecule has 19 heavy (non-hydrogen) atoms. The van der Waals surface area contributed by atoms with Gasteiger partial charge in [-0.25, -0.2) is 18.1 Å². The zero-order valence-electron chi connectivity index (χ0n) is 10.0. The normalized spacial score (nSPS) is 11.6. The van der Waals surface area contributed by atoms with Gasteiger partial charge in [-0.15, -0.1) is 0 Å². The summed E-state index contributed by atoms with van der Waals surface area (Å²) in [7, 11) is -3.47. The molecule has 0 aliphatic heterocycles. The molecule has 102 valence electrons. The van der Waals surface area contributed by atoms with Crippen LogP contribution in [0.3, 0.4) is 0 Å². The molecule has 0 atom stereocenters. The third-order valence-corrected chi connectivity index (χ3v) is 4.20. The lowest BCUT2D eigenvalue weighted by Crippen LogP contribution is -2.25. The second-order valence-corrected chi connectivity index (χ2v) is 6.09. The van der Waals surface area contributed by atoms with E-state index in [2.05, 4.69) is 19.9 Å². The molecule has 0 saturated carbocycles. The van der Waals surface area contributed by atoms with Crippen LogP contribution in [0.1, 0.15) is 12.2 Å². The highest BCUT2D eigenvalue weighted by Gasteiger charge is 2.12. The summed E-state index contributed by atoms with van der Waals surface area (Å²) >= 11 is 5.71. The molecule has 0 aliphatic rings. The van der Waals surface area contributed by atoms with Crippen LogP contribution in [0.2, 0.25) is 5.02 Å². The van der Waals surface area contributed by atoms with Crippen molar-refractivity contribution in [1.82, 2.24) is 19.9 Å². The highest BCUT2D eigenvalue weighted by molar-refractivity contribution is 7.89. The van der Waals surface area contributed by atoms with Crippen LogP contribution in [-0.2, 0) is 16.4 Å². The topological polar surface area (TPSA) is 87.7 Å². The van der Waals surface area contributed by atoms with Gasteiger partial charge in [0.25, 0.3) is 0 Å². The van der Waals surface area contributed by atoms with E-state index in [4.69, 9.17) is 11.6 Å². The Morgan fingerprint density at radius 2 is 2.00 bits per heavy atom. The predicted molar refractivity (Wildman–Crippen MR) is 71.3 cm³/mol. The summed E-state index contributed by atoms with van der Waals surface area (Å²) in [6.45, 7) is 0.339. The van der Waals surface area contributed by atoms with Crippen LogP contribution < -0.4 is 4.72 Å². The molecule has 0 saturated heterocycles. The predicted octanol–water partition coefficient (Wildman–Crippen LogP) is 1.37. The molecule has 0 aliphatic carbocycles. The van der Waals surface area contributed by atoms with Gasteiger partial charge in [0.15, 0.2) is 0 Å². The summed E-state index contributed by atoms with van der Waals surface area (Å²) in [5.41, 5.74) is 0. The molecule has 2 aromatic rings. The smallest absolute Gasteiger partial charge is 0.240 e. The number of rotatable bonds is 6. The summed E-state index contributed by atoms with van der Waals surface area (Å²) in [4.78, 5) is 4.16. The molecule has 0 amide bonds. The lowest BCUT2D eigenvalue weighted by atomic mass is 10.3. The molecule has 1 heterocycles. The first kappa shape index (κ1) is 14.0. The highest BCUT2D eigenvalue weighted by Crippen LogP contribution is 2.13. The van der Waals surface area contributed by atoms with Crippen LogP contribution >= 0.6 is 11.6 Å². The van der Waals surface area contributed by atoms with Gasteiger partial charge in [0.1, 0.15) is 12.2 Å². The van der Waals surface area contributed by atoms with Crippen molar-refractivity contribution in [2.24, 2.45) is 0 Å². The van der Waals surface area contributed by atoms with Crippen molar-refractivity contribution in [2.45, 2.75) is 17.7 Å². The first-order valence-corrected chi connectivity index (χ1v) is 7.53. The van der Waals surface area contributed by atoms with Crippen molar-refractivity contribution in [2.75, 3.05) is 6.54 Å². The molecule has 6 nitrogen and oxygen atoms in total. The van der Waals surface area contributed by atoms with E-state index in [1.807, 2.05) is 0 Å². The average Bonchev–Trinajstić information content (AvgIpc) is 2.88. The van der Waals surface area contributed by atoms with E-state index < -0.39 is 10.0 Å². The van der Waals surface area contributed by atoms with Gasteiger partial charge in [-0.05, 0) is 30.7 Å². The summed E-state index contributed by atoms with van der Waals surface area (Å²) in [5.74, 6) is 0.741. The Morgan fingerprint density at radius 3 is 2.63 bits per heavy atom. The quantitative estimate of drug-likeness (QED) is 0.789. The van der Waals surface area contributed by atoms with Crippen molar-refractivity contribution in [1.29, 1.82) is 0 Å². The monoisotopic (exact) mass is 300 g/mol. The Labute approximate surface area is 116 Å². The summed E-state index contributed by atoms with van der Waals surface area (Å²) in [6.07, 6.45) is 2.71. The molecule has 0 spiro atoms. The highest BCUT2D eigenvalue weighted by atomic mass is 35.5. The molecule has 2 N–H and O–H groups in total.